The van der Waals surface area contributed by atoms with Gasteiger partial charge >= 0.3 is 11.8 Å². The van der Waals surface area contributed by atoms with Crippen molar-refractivity contribution in [2.45, 2.75) is 12.8 Å². The van der Waals surface area contributed by atoms with E-state index in [0.29, 0.717) is 18.0 Å². The van der Waals surface area contributed by atoms with Crippen LogP contribution in [-0.4, -0.2) is 63.6 Å². The van der Waals surface area contributed by atoms with Gasteiger partial charge in [0, 0.05) is 44.1 Å². The minimum Gasteiger partial charge on any atom is -0.497 e. The van der Waals surface area contributed by atoms with Crippen molar-refractivity contribution in [2.75, 3.05) is 57.1 Å². The number of ether oxygens (including phenoxy) is 1. The highest BCUT2D eigenvalue weighted by molar-refractivity contribution is 6.39. The van der Waals surface area contributed by atoms with E-state index in [1.807, 2.05) is 0 Å². The maximum Gasteiger partial charge on any atom is 0.313 e. The number of rotatable bonds is 7. The van der Waals surface area contributed by atoms with Gasteiger partial charge in [-0.15, -0.1) is 0 Å². The first-order chi connectivity index (χ1) is 14.5. The Bertz CT molecular complexity index is 829. The average molecular weight is 411 g/mol. The Labute approximate surface area is 178 Å². The van der Waals surface area contributed by atoms with E-state index >= 15 is 0 Å². The number of anilines is 2. The van der Waals surface area contributed by atoms with Crippen LogP contribution < -0.4 is 20.3 Å². The second-order valence-corrected chi connectivity index (χ2v) is 7.50. The molecule has 0 aliphatic carbocycles. The molecule has 30 heavy (non-hydrogen) atoms. The van der Waals surface area contributed by atoms with Crippen molar-refractivity contribution in [1.82, 2.24) is 10.2 Å². The summed E-state index contributed by atoms with van der Waals surface area (Å²) in [5.74, 6) is -0.609. The molecule has 0 saturated carbocycles. The molecular formula is C23H30N4O3. The van der Waals surface area contributed by atoms with Gasteiger partial charge < -0.3 is 25.2 Å². The van der Waals surface area contributed by atoms with Gasteiger partial charge in [-0.1, -0.05) is 12.1 Å². The zero-order valence-corrected chi connectivity index (χ0v) is 17.7. The van der Waals surface area contributed by atoms with E-state index in [-0.39, 0.29) is 0 Å². The van der Waals surface area contributed by atoms with Crippen molar-refractivity contribution in [3.8, 4) is 5.75 Å². The average Bonchev–Trinajstić information content (AvgIpc) is 2.78. The fourth-order valence-corrected chi connectivity index (χ4v) is 3.38. The van der Waals surface area contributed by atoms with Crippen LogP contribution >= 0.6 is 0 Å². The summed E-state index contributed by atoms with van der Waals surface area (Å²) in [4.78, 5) is 28.7. The Morgan fingerprint density at radius 2 is 1.60 bits per heavy atom. The molecule has 160 valence electrons. The van der Waals surface area contributed by atoms with Crippen LogP contribution in [0.4, 0.5) is 11.4 Å². The predicted molar refractivity (Wildman–Crippen MR) is 119 cm³/mol. The molecule has 7 nitrogen and oxygen atoms in total. The summed E-state index contributed by atoms with van der Waals surface area (Å²) >= 11 is 0. The smallest absolute Gasteiger partial charge is 0.313 e. The number of piperazine rings is 1. The molecule has 2 N–H and O–H groups in total. The monoisotopic (exact) mass is 410 g/mol. The van der Waals surface area contributed by atoms with Crippen LogP contribution in [0.5, 0.6) is 5.75 Å². The molecule has 1 aliphatic rings. The summed E-state index contributed by atoms with van der Waals surface area (Å²) in [6.45, 7) is 4.75. The Morgan fingerprint density at radius 1 is 0.933 bits per heavy atom. The molecule has 1 saturated heterocycles. The zero-order chi connectivity index (χ0) is 21.3. The van der Waals surface area contributed by atoms with Gasteiger partial charge in [-0.2, -0.15) is 0 Å². The molecule has 0 unspecified atom stereocenters. The molecule has 1 fully saturated rings. The lowest BCUT2D eigenvalue weighted by Crippen LogP contribution is -2.44. The lowest BCUT2D eigenvalue weighted by molar-refractivity contribution is -0.136. The van der Waals surface area contributed by atoms with Gasteiger partial charge in [0.05, 0.1) is 7.11 Å². The molecule has 1 aliphatic heterocycles. The number of amides is 2. The fraction of sp³-hybridized carbons (Fsp3) is 0.391. The molecule has 0 spiro atoms. The third-order valence-electron chi connectivity index (χ3n) is 5.29. The van der Waals surface area contributed by atoms with Crippen molar-refractivity contribution in [3.63, 3.8) is 0 Å². The van der Waals surface area contributed by atoms with Crippen LogP contribution in [0.15, 0.2) is 48.5 Å². The molecule has 0 bridgehead atoms. The lowest BCUT2D eigenvalue weighted by atomic mass is 10.1. The van der Waals surface area contributed by atoms with E-state index < -0.39 is 11.8 Å². The normalized spacial score (nSPS) is 14.3. The van der Waals surface area contributed by atoms with Crippen molar-refractivity contribution >= 4 is 23.2 Å². The van der Waals surface area contributed by atoms with Gasteiger partial charge in [-0.05, 0) is 61.9 Å². The maximum atomic E-state index is 12.0. The zero-order valence-electron chi connectivity index (χ0n) is 17.7. The number of likely N-dealkylation sites (N-methyl/N-ethyl adjacent to an activating group) is 1. The molecule has 2 aromatic rings. The number of nitrogens with zero attached hydrogens (tertiary/aromatic N) is 2. The van der Waals surface area contributed by atoms with Gasteiger partial charge in [-0.25, -0.2) is 0 Å². The van der Waals surface area contributed by atoms with E-state index in [0.717, 1.165) is 39.0 Å². The number of benzene rings is 2. The summed E-state index contributed by atoms with van der Waals surface area (Å²) in [6, 6.07) is 15.5. The first-order valence-corrected chi connectivity index (χ1v) is 10.3. The number of methoxy groups -OCH3 is 1. The van der Waals surface area contributed by atoms with Crippen LogP contribution in [0.1, 0.15) is 12.0 Å². The number of hydrogen-bond acceptors (Lipinski definition) is 5. The molecule has 0 atom stereocenters. The molecule has 7 heteroatoms. The van der Waals surface area contributed by atoms with E-state index in [2.05, 4.69) is 51.7 Å². The lowest BCUT2D eigenvalue weighted by Gasteiger charge is -2.34. The van der Waals surface area contributed by atoms with Crippen molar-refractivity contribution < 1.29 is 14.3 Å². The summed E-state index contributed by atoms with van der Waals surface area (Å²) < 4.78 is 5.07. The summed E-state index contributed by atoms with van der Waals surface area (Å²) in [7, 11) is 3.73. The third-order valence-corrected chi connectivity index (χ3v) is 5.29. The maximum absolute atomic E-state index is 12.0. The van der Waals surface area contributed by atoms with E-state index in [1.165, 1.54) is 11.3 Å². The molecule has 3 rings (SSSR count). The quantitative estimate of drug-likeness (QED) is 0.540. The molecule has 2 amide bonds. The minimum absolute atomic E-state index is 0.453. The highest BCUT2D eigenvalue weighted by atomic mass is 16.5. The molecule has 0 aromatic heterocycles. The van der Waals surface area contributed by atoms with Crippen LogP contribution in [0.25, 0.3) is 0 Å². The Kier molecular flexibility index (Phi) is 7.68. The van der Waals surface area contributed by atoms with Crippen molar-refractivity contribution in [1.29, 1.82) is 0 Å². The highest BCUT2D eigenvalue weighted by Gasteiger charge is 2.14. The Balaban J connectivity index is 1.36. The molecule has 1 heterocycles. The Morgan fingerprint density at radius 3 is 2.23 bits per heavy atom. The Hall–Kier alpha value is -3.06. The van der Waals surface area contributed by atoms with E-state index in [9.17, 15) is 9.59 Å². The molecular weight excluding hydrogens is 380 g/mol. The SMILES string of the molecule is COc1ccc(NC(=O)C(=O)NCCCc2ccc(N3CCN(C)CC3)cc2)cc1. The van der Waals surface area contributed by atoms with Gasteiger partial charge in [0.15, 0.2) is 0 Å². The topological polar surface area (TPSA) is 73.9 Å². The fourth-order valence-electron chi connectivity index (χ4n) is 3.38. The summed E-state index contributed by atoms with van der Waals surface area (Å²) in [6.07, 6.45) is 1.62. The van der Waals surface area contributed by atoms with Crippen molar-refractivity contribution in [2.24, 2.45) is 0 Å². The first kappa shape index (κ1) is 21.6. The van der Waals surface area contributed by atoms with Gasteiger partial charge in [-0.3, -0.25) is 9.59 Å². The van der Waals surface area contributed by atoms with Gasteiger partial charge in [0.1, 0.15) is 5.75 Å². The van der Waals surface area contributed by atoms with Crippen LogP contribution in [0, 0.1) is 0 Å². The number of aryl methyl sites for hydroxylation is 1. The second kappa shape index (κ2) is 10.6. The molecule has 2 aromatic carbocycles. The molecule has 0 radical (unpaired) electrons. The standard InChI is InChI=1S/C23H30N4O3/c1-26-14-16-27(17-15-26)20-9-5-18(6-10-20)4-3-13-24-22(28)23(29)25-19-7-11-21(30-2)12-8-19/h5-12H,3-4,13-17H2,1-2H3,(H,24,28)(H,25,29). The van der Waals surface area contributed by atoms with Crippen LogP contribution in [-0.2, 0) is 16.0 Å². The van der Waals surface area contributed by atoms with Crippen molar-refractivity contribution in [3.05, 3.63) is 54.1 Å². The van der Waals surface area contributed by atoms with E-state index in [1.54, 1.807) is 31.4 Å². The van der Waals surface area contributed by atoms with Gasteiger partial charge in [0.25, 0.3) is 0 Å². The highest BCUT2D eigenvalue weighted by Crippen LogP contribution is 2.18. The van der Waals surface area contributed by atoms with Crippen LogP contribution in [0.3, 0.4) is 0 Å². The first-order valence-electron chi connectivity index (χ1n) is 10.3. The second-order valence-electron chi connectivity index (χ2n) is 7.50. The minimum atomic E-state index is -0.670. The number of hydrogen-bond donors (Lipinski definition) is 2. The number of carbonyl (C=O) groups is 2. The summed E-state index contributed by atoms with van der Waals surface area (Å²) in [5.41, 5.74) is 3.04. The number of nitrogens with one attached hydrogen (secondary N) is 2. The third kappa shape index (κ3) is 6.22. The van der Waals surface area contributed by atoms with Crippen LogP contribution in [0.2, 0.25) is 0 Å². The predicted octanol–water partition coefficient (Wildman–Crippen LogP) is 2.13. The van der Waals surface area contributed by atoms with Gasteiger partial charge in [0.2, 0.25) is 0 Å². The largest absolute Gasteiger partial charge is 0.497 e. The number of carbonyl (C=O) groups excluding carboxylic acids is 2. The summed E-state index contributed by atoms with van der Waals surface area (Å²) in [5, 5.41) is 5.25. The van der Waals surface area contributed by atoms with E-state index in [4.69, 9.17) is 4.74 Å².